The molecular weight excluding hydrogens is 266 g/mol. The highest BCUT2D eigenvalue weighted by Gasteiger charge is 2.24. The number of benzene rings is 1. The van der Waals surface area contributed by atoms with E-state index in [9.17, 15) is 9.59 Å². The molecule has 0 unspecified atom stereocenters. The molecule has 110 valence electrons. The van der Waals surface area contributed by atoms with Gasteiger partial charge in [0.2, 0.25) is 5.91 Å². The Morgan fingerprint density at radius 2 is 2.14 bits per heavy atom. The summed E-state index contributed by atoms with van der Waals surface area (Å²) in [7, 11) is 2.09. The molecule has 0 atom stereocenters. The fourth-order valence-corrected chi connectivity index (χ4v) is 2.88. The van der Waals surface area contributed by atoms with Gasteiger partial charge in [-0.05, 0) is 30.5 Å². The number of carbonyl (C=O) groups is 2. The number of hydrogen-bond donors (Lipinski definition) is 1. The Kier molecular flexibility index (Phi) is 3.41. The van der Waals surface area contributed by atoms with E-state index in [-0.39, 0.29) is 11.8 Å². The van der Waals surface area contributed by atoms with Crippen LogP contribution in [0.1, 0.15) is 18.9 Å². The van der Waals surface area contributed by atoms with Crippen LogP contribution in [0.2, 0.25) is 0 Å². The molecule has 1 N–H and O–H groups in total. The average Bonchev–Trinajstić information content (AvgIpc) is 2.81. The van der Waals surface area contributed by atoms with Gasteiger partial charge in [-0.1, -0.05) is 6.07 Å². The van der Waals surface area contributed by atoms with E-state index in [4.69, 9.17) is 0 Å². The fraction of sp³-hybridized carbons (Fsp3) is 0.375. The first-order valence-electron chi connectivity index (χ1n) is 7.18. The summed E-state index contributed by atoms with van der Waals surface area (Å²) in [5.41, 5.74) is 4.30. The monoisotopic (exact) mass is 285 g/mol. The topological polar surface area (TPSA) is 52.7 Å². The van der Waals surface area contributed by atoms with Gasteiger partial charge in [-0.2, -0.15) is 0 Å². The van der Waals surface area contributed by atoms with Crippen molar-refractivity contribution < 1.29 is 9.59 Å². The minimum atomic E-state index is -0.250. The fourth-order valence-electron chi connectivity index (χ4n) is 2.88. The molecule has 0 aliphatic carbocycles. The number of nitrogens with zero attached hydrogens (tertiary/aromatic N) is 2. The molecule has 21 heavy (non-hydrogen) atoms. The molecule has 0 spiro atoms. The van der Waals surface area contributed by atoms with E-state index in [2.05, 4.69) is 29.4 Å². The van der Waals surface area contributed by atoms with Gasteiger partial charge in [0.25, 0.3) is 5.91 Å². The molecule has 1 aromatic rings. The zero-order valence-corrected chi connectivity index (χ0v) is 12.3. The van der Waals surface area contributed by atoms with Crippen molar-refractivity contribution in [3.63, 3.8) is 0 Å². The maximum atomic E-state index is 11.7. The second-order valence-corrected chi connectivity index (χ2v) is 5.61. The van der Waals surface area contributed by atoms with Gasteiger partial charge in [-0.15, -0.1) is 0 Å². The number of amides is 2. The van der Waals surface area contributed by atoms with Gasteiger partial charge in [0.05, 0.1) is 6.54 Å². The summed E-state index contributed by atoms with van der Waals surface area (Å²) >= 11 is 0. The van der Waals surface area contributed by atoms with Gasteiger partial charge in [0, 0.05) is 43.7 Å². The number of anilines is 2. The normalized spacial score (nSPS) is 17.6. The third-order valence-corrected chi connectivity index (χ3v) is 4.01. The van der Waals surface area contributed by atoms with E-state index in [0.29, 0.717) is 6.54 Å². The van der Waals surface area contributed by atoms with Gasteiger partial charge in [-0.3, -0.25) is 14.5 Å². The zero-order valence-electron chi connectivity index (χ0n) is 12.3. The van der Waals surface area contributed by atoms with Crippen molar-refractivity contribution in [3.05, 3.63) is 35.5 Å². The van der Waals surface area contributed by atoms with Crippen molar-refractivity contribution in [2.24, 2.45) is 0 Å². The van der Waals surface area contributed by atoms with Crippen molar-refractivity contribution in [2.45, 2.75) is 19.8 Å². The minimum Gasteiger partial charge on any atom is -0.374 e. The lowest BCUT2D eigenvalue weighted by atomic mass is 10.0. The van der Waals surface area contributed by atoms with Crippen LogP contribution in [0.5, 0.6) is 0 Å². The summed E-state index contributed by atoms with van der Waals surface area (Å²) in [6.07, 6.45) is 3.79. The third kappa shape index (κ3) is 2.63. The molecule has 5 nitrogen and oxygen atoms in total. The molecule has 0 saturated carbocycles. The summed E-state index contributed by atoms with van der Waals surface area (Å²) in [5.74, 6) is -0.474. The van der Waals surface area contributed by atoms with Gasteiger partial charge in [-0.25, -0.2) is 0 Å². The Labute approximate surface area is 124 Å². The Balaban J connectivity index is 1.78. The Bertz CT molecular complexity index is 636. The van der Waals surface area contributed by atoms with Crippen molar-refractivity contribution in [2.75, 3.05) is 30.4 Å². The lowest BCUT2D eigenvalue weighted by molar-refractivity contribution is -0.138. The van der Waals surface area contributed by atoms with Gasteiger partial charge in [0.1, 0.15) is 0 Å². The summed E-state index contributed by atoms with van der Waals surface area (Å²) < 4.78 is 0. The van der Waals surface area contributed by atoms with Crippen LogP contribution in [0.15, 0.2) is 30.0 Å². The van der Waals surface area contributed by atoms with E-state index < -0.39 is 0 Å². The molecule has 0 saturated heterocycles. The second kappa shape index (κ2) is 5.24. The average molecular weight is 285 g/mol. The number of hydrogen-bond acceptors (Lipinski definition) is 4. The number of fused-ring (bicyclic) bond motifs is 1. The minimum absolute atomic E-state index is 0.224. The third-order valence-electron chi connectivity index (χ3n) is 4.01. The van der Waals surface area contributed by atoms with Crippen molar-refractivity contribution in [3.8, 4) is 0 Å². The van der Waals surface area contributed by atoms with Crippen LogP contribution in [0.4, 0.5) is 11.4 Å². The van der Waals surface area contributed by atoms with Crippen LogP contribution in [-0.2, 0) is 16.0 Å². The molecule has 3 rings (SSSR count). The molecule has 2 heterocycles. The molecule has 2 aliphatic rings. The predicted molar refractivity (Wildman–Crippen MR) is 82.1 cm³/mol. The van der Waals surface area contributed by atoms with Crippen molar-refractivity contribution in [1.29, 1.82) is 0 Å². The van der Waals surface area contributed by atoms with Gasteiger partial charge >= 0.3 is 0 Å². The molecule has 2 amide bonds. The standard InChI is InChI=1S/C16H19N3O2/c1-11(20)19-10-14(9-16(19)21)17-13-6-5-12-4-3-7-18(2)15(12)8-13/h5-6,8-9,17H,3-4,7,10H2,1-2H3. The summed E-state index contributed by atoms with van der Waals surface area (Å²) in [4.78, 5) is 26.5. The SMILES string of the molecule is CC(=O)N1CC(Nc2ccc3c(c2)N(C)CCC3)=CC1=O. The van der Waals surface area contributed by atoms with Crippen LogP contribution in [0, 0.1) is 0 Å². The van der Waals surface area contributed by atoms with Crippen LogP contribution in [0.3, 0.4) is 0 Å². The molecule has 0 aromatic heterocycles. The lowest BCUT2D eigenvalue weighted by Gasteiger charge is -2.28. The molecule has 0 radical (unpaired) electrons. The highest BCUT2D eigenvalue weighted by atomic mass is 16.2. The number of rotatable bonds is 2. The van der Waals surface area contributed by atoms with Crippen molar-refractivity contribution >= 4 is 23.2 Å². The molecular formula is C16H19N3O2. The van der Waals surface area contributed by atoms with E-state index in [1.54, 1.807) is 0 Å². The Hall–Kier alpha value is -2.30. The van der Waals surface area contributed by atoms with Crippen molar-refractivity contribution in [1.82, 2.24) is 4.90 Å². The molecule has 2 aliphatic heterocycles. The Morgan fingerprint density at radius 1 is 1.33 bits per heavy atom. The number of nitrogens with one attached hydrogen (secondary N) is 1. The van der Waals surface area contributed by atoms with E-state index >= 15 is 0 Å². The number of imide groups is 1. The molecule has 5 heteroatoms. The number of carbonyl (C=O) groups excluding carboxylic acids is 2. The summed E-state index contributed by atoms with van der Waals surface area (Å²) in [6, 6.07) is 6.27. The summed E-state index contributed by atoms with van der Waals surface area (Å²) in [5, 5.41) is 3.25. The number of aryl methyl sites for hydroxylation is 1. The van der Waals surface area contributed by atoms with Gasteiger partial charge < -0.3 is 10.2 Å². The predicted octanol–water partition coefficient (Wildman–Crippen LogP) is 1.75. The Morgan fingerprint density at radius 3 is 2.86 bits per heavy atom. The van der Waals surface area contributed by atoms with E-state index in [1.807, 2.05) is 6.07 Å². The summed E-state index contributed by atoms with van der Waals surface area (Å²) in [6.45, 7) is 2.79. The first kappa shape index (κ1) is 13.7. The lowest BCUT2D eigenvalue weighted by Crippen LogP contribution is -2.31. The van der Waals surface area contributed by atoms with Crippen LogP contribution >= 0.6 is 0 Å². The van der Waals surface area contributed by atoms with Crippen LogP contribution < -0.4 is 10.2 Å². The highest BCUT2D eigenvalue weighted by Crippen LogP contribution is 2.29. The van der Waals surface area contributed by atoms with Gasteiger partial charge in [0.15, 0.2) is 0 Å². The largest absolute Gasteiger partial charge is 0.374 e. The zero-order chi connectivity index (χ0) is 15.0. The quantitative estimate of drug-likeness (QED) is 0.899. The van der Waals surface area contributed by atoms with Crippen LogP contribution in [0.25, 0.3) is 0 Å². The maximum absolute atomic E-state index is 11.7. The maximum Gasteiger partial charge on any atom is 0.255 e. The highest BCUT2D eigenvalue weighted by molar-refractivity contribution is 6.03. The smallest absolute Gasteiger partial charge is 0.255 e. The second-order valence-electron chi connectivity index (χ2n) is 5.61. The van der Waals surface area contributed by atoms with E-state index in [1.165, 1.54) is 35.6 Å². The first-order chi connectivity index (χ1) is 10.0. The molecule has 0 fully saturated rings. The molecule has 1 aromatic carbocycles. The van der Waals surface area contributed by atoms with Crippen LogP contribution in [-0.4, -0.2) is 36.9 Å². The first-order valence-corrected chi connectivity index (χ1v) is 7.18. The van der Waals surface area contributed by atoms with E-state index in [0.717, 1.165) is 24.4 Å². The molecule has 0 bridgehead atoms.